The molecule has 1 atom stereocenters. The third-order valence-corrected chi connectivity index (χ3v) is 5.58. The molecule has 0 aliphatic heterocycles. The van der Waals surface area contributed by atoms with Crippen molar-refractivity contribution in [3.63, 3.8) is 0 Å². The predicted octanol–water partition coefficient (Wildman–Crippen LogP) is 3.52. The van der Waals surface area contributed by atoms with Crippen LogP contribution in [0.15, 0.2) is 29.2 Å². The average Bonchev–Trinajstić information content (AvgIpc) is 2.81. The lowest BCUT2D eigenvalue weighted by molar-refractivity contribution is 0.565. The van der Waals surface area contributed by atoms with Gasteiger partial charge in [0, 0.05) is 9.90 Å². The molecule has 116 valence electrons. The lowest BCUT2D eigenvalue weighted by Crippen LogP contribution is -2.27. The monoisotopic (exact) mass is 354 g/mol. The molecule has 0 spiro atoms. The highest BCUT2D eigenvalue weighted by molar-refractivity contribution is 7.89. The SMILES string of the molecule is CC#Cc1c(C(C)NS(=O)(=O)c2ccc(Cl)cc2)nsc1C. The molecule has 4 nitrogen and oxygen atoms in total. The third-order valence-electron chi connectivity index (χ3n) is 3.01. The van der Waals surface area contributed by atoms with Crippen molar-refractivity contribution in [2.75, 3.05) is 0 Å². The standard InChI is InChI=1S/C15H15ClN2O2S2/c1-4-5-14-11(3)21-17-15(14)10(2)18-22(19,20)13-8-6-12(16)7-9-13/h6-10,18H,1-3H3. The second-order valence-electron chi connectivity index (χ2n) is 4.67. The Morgan fingerprint density at radius 3 is 2.55 bits per heavy atom. The van der Waals surface area contributed by atoms with Gasteiger partial charge in [-0.3, -0.25) is 0 Å². The summed E-state index contributed by atoms with van der Waals surface area (Å²) in [4.78, 5) is 1.14. The molecule has 0 radical (unpaired) electrons. The van der Waals surface area contributed by atoms with Crippen LogP contribution < -0.4 is 4.72 Å². The van der Waals surface area contributed by atoms with Gasteiger partial charge in [-0.05, 0) is 56.6 Å². The summed E-state index contributed by atoms with van der Waals surface area (Å²) in [7, 11) is -3.64. The van der Waals surface area contributed by atoms with Gasteiger partial charge >= 0.3 is 0 Å². The number of rotatable bonds is 4. The van der Waals surface area contributed by atoms with Crippen molar-refractivity contribution in [2.24, 2.45) is 0 Å². The van der Waals surface area contributed by atoms with E-state index in [-0.39, 0.29) is 4.90 Å². The van der Waals surface area contributed by atoms with Crippen LogP contribution in [0.3, 0.4) is 0 Å². The number of nitrogens with zero attached hydrogens (tertiary/aromatic N) is 1. The van der Waals surface area contributed by atoms with Crippen LogP contribution in [0.25, 0.3) is 0 Å². The predicted molar refractivity (Wildman–Crippen MR) is 89.6 cm³/mol. The van der Waals surface area contributed by atoms with Crippen LogP contribution >= 0.6 is 23.1 Å². The Kier molecular flexibility index (Phi) is 5.24. The molecule has 2 aromatic rings. The molecule has 2 rings (SSSR count). The Balaban J connectivity index is 2.29. The molecule has 1 aromatic heterocycles. The summed E-state index contributed by atoms with van der Waals surface area (Å²) in [5.74, 6) is 5.82. The highest BCUT2D eigenvalue weighted by Gasteiger charge is 2.22. The molecule has 0 amide bonds. The fourth-order valence-corrected chi connectivity index (χ4v) is 4.00. The summed E-state index contributed by atoms with van der Waals surface area (Å²) in [6.45, 7) is 5.41. The topological polar surface area (TPSA) is 59.1 Å². The lowest BCUT2D eigenvalue weighted by atomic mass is 10.1. The molecular formula is C15H15ClN2O2S2. The number of benzene rings is 1. The van der Waals surface area contributed by atoms with Gasteiger partial charge in [0.15, 0.2) is 0 Å². The largest absolute Gasteiger partial charge is 0.241 e. The minimum Gasteiger partial charge on any atom is -0.207 e. The first kappa shape index (κ1) is 17.0. The van der Waals surface area contributed by atoms with E-state index in [1.54, 1.807) is 26.0 Å². The molecule has 1 unspecified atom stereocenters. The van der Waals surface area contributed by atoms with Crippen LogP contribution in [-0.4, -0.2) is 12.8 Å². The van der Waals surface area contributed by atoms with Gasteiger partial charge in [-0.2, -0.15) is 4.37 Å². The van der Waals surface area contributed by atoms with Gasteiger partial charge < -0.3 is 0 Å². The first-order valence-electron chi connectivity index (χ1n) is 6.52. The van der Waals surface area contributed by atoms with E-state index >= 15 is 0 Å². The fraction of sp³-hybridized carbons (Fsp3) is 0.267. The summed E-state index contributed by atoms with van der Waals surface area (Å²) in [5, 5.41) is 0.489. The zero-order valence-electron chi connectivity index (χ0n) is 12.3. The highest BCUT2D eigenvalue weighted by Crippen LogP contribution is 2.24. The second kappa shape index (κ2) is 6.80. The Hall–Kier alpha value is -1.39. The Labute approximate surface area is 139 Å². The maximum absolute atomic E-state index is 12.4. The molecule has 0 aliphatic carbocycles. The fourth-order valence-electron chi connectivity index (χ4n) is 1.93. The molecular weight excluding hydrogens is 340 g/mol. The van der Waals surface area contributed by atoms with Crippen molar-refractivity contribution in [3.8, 4) is 11.8 Å². The quantitative estimate of drug-likeness (QED) is 0.854. The number of aryl methyl sites for hydroxylation is 1. The zero-order valence-corrected chi connectivity index (χ0v) is 14.7. The molecule has 1 N–H and O–H groups in total. The third kappa shape index (κ3) is 3.68. The first-order valence-corrected chi connectivity index (χ1v) is 9.15. The van der Waals surface area contributed by atoms with Crippen LogP contribution in [0.4, 0.5) is 0 Å². The molecule has 0 aliphatic rings. The number of nitrogens with one attached hydrogen (secondary N) is 1. The van der Waals surface area contributed by atoms with Crippen molar-refractivity contribution >= 4 is 33.2 Å². The van der Waals surface area contributed by atoms with Gasteiger partial charge in [-0.15, -0.1) is 5.92 Å². The molecule has 0 saturated carbocycles. The van der Waals surface area contributed by atoms with Crippen molar-refractivity contribution in [1.82, 2.24) is 9.10 Å². The van der Waals surface area contributed by atoms with E-state index in [2.05, 4.69) is 20.9 Å². The molecule has 0 bridgehead atoms. The first-order chi connectivity index (χ1) is 10.3. The van der Waals surface area contributed by atoms with Crippen LogP contribution in [0.5, 0.6) is 0 Å². The Morgan fingerprint density at radius 1 is 1.32 bits per heavy atom. The van der Waals surface area contributed by atoms with Crippen molar-refractivity contribution in [2.45, 2.75) is 31.7 Å². The summed E-state index contributed by atoms with van der Waals surface area (Å²) >= 11 is 7.10. The van der Waals surface area contributed by atoms with Gasteiger partial charge in [0.25, 0.3) is 0 Å². The van der Waals surface area contributed by atoms with Gasteiger partial charge in [-0.1, -0.05) is 17.5 Å². The van der Waals surface area contributed by atoms with E-state index in [0.717, 1.165) is 10.4 Å². The van der Waals surface area contributed by atoms with E-state index in [0.29, 0.717) is 10.7 Å². The van der Waals surface area contributed by atoms with Gasteiger partial charge in [0.2, 0.25) is 10.0 Å². The Bertz CT molecular complexity index is 831. The van der Waals surface area contributed by atoms with E-state index in [4.69, 9.17) is 11.6 Å². The van der Waals surface area contributed by atoms with Crippen molar-refractivity contribution in [1.29, 1.82) is 0 Å². The average molecular weight is 355 g/mol. The maximum atomic E-state index is 12.4. The zero-order chi connectivity index (χ0) is 16.3. The van der Waals surface area contributed by atoms with Gasteiger partial charge in [0.05, 0.1) is 22.2 Å². The highest BCUT2D eigenvalue weighted by atomic mass is 35.5. The molecule has 22 heavy (non-hydrogen) atoms. The maximum Gasteiger partial charge on any atom is 0.241 e. The summed E-state index contributed by atoms with van der Waals surface area (Å²) in [6.07, 6.45) is 0. The van der Waals surface area contributed by atoms with Crippen LogP contribution in [0.2, 0.25) is 5.02 Å². The number of sulfonamides is 1. The normalized spacial score (nSPS) is 12.5. The van der Waals surface area contributed by atoms with Crippen LogP contribution in [0, 0.1) is 18.8 Å². The van der Waals surface area contributed by atoms with E-state index in [1.165, 1.54) is 23.7 Å². The van der Waals surface area contributed by atoms with E-state index < -0.39 is 16.1 Å². The van der Waals surface area contributed by atoms with Crippen molar-refractivity contribution in [3.05, 3.63) is 45.4 Å². The smallest absolute Gasteiger partial charge is 0.207 e. The van der Waals surface area contributed by atoms with Gasteiger partial charge in [-0.25, -0.2) is 13.1 Å². The van der Waals surface area contributed by atoms with E-state index in [9.17, 15) is 8.42 Å². The molecule has 0 saturated heterocycles. The number of hydrogen-bond donors (Lipinski definition) is 1. The van der Waals surface area contributed by atoms with Crippen molar-refractivity contribution < 1.29 is 8.42 Å². The minimum absolute atomic E-state index is 0.166. The molecule has 1 aromatic carbocycles. The molecule has 7 heteroatoms. The second-order valence-corrected chi connectivity index (χ2v) is 7.80. The van der Waals surface area contributed by atoms with Crippen LogP contribution in [0.1, 0.15) is 36.0 Å². The summed E-state index contributed by atoms with van der Waals surface area (Å²) < 4.78 is 31.7. The Morgan fingerprint density at radius 2 is 1.95 bits per heavy atom. The van der Waals surface area contributed by atoms with Crippen LogP contribution in [-0.2, 0) is 10.0 Å². The lowest BCUT2D eigenvalue weighted by Gasteiger charge is -2.13. The summed E-state index contributed by atoms with van der Waals surface area (Å²) in [5.41, 5.74) is 1.44. The minimum atomic E-state index is -3.64. The molecule has 0 fully saturated rings. The number of halogens is 1. The van der Waals surface area contributed by atoms with Gasteiger partial charge in [0.1, 0.15) is 0 Å². The molecule has 1 heterocycles. The van der Waals surface area contributed by atoms with E-state index in [1.807, 2.05) is 6.92 Å². The number of aromatic nitrogens is 1. The summed E-state index contributed by atoms with van der Waals surface area (Å²) in [6, 6.07) is 5.55. The number of hydrogen-bond acceptors (Lipinski definition) is 4.